The minimum atomic E-state index is 0.0989. The standard InChI is InChI=1S/C29H39N3O3/c1-3-34-27-17-22-13-16-31-20-23-11-8-15-32(29(33)30-14-12-21-9-6-5-7-10-21)25(23)19-26(31)24(22)18-28(27)35-4-2/h5-7,9-10,17-18,23,25-26H,3-4,8,11-16,19-20H2,1-2H3,(H,30,33)/t23-,25+,26+/m0/s1. The molecule has 2 aromatic carbocycles. The van der Waals surface area contributed by atoms with Crippen LogP contribution in [0, 0.1) is 5.92 Å². The van der Waals surface area contributed by atoms with E-state index in [1.807, 2.05) is 19.9 Å². The molecule has 35 heavy (non-hydrogen) atoms. The predicted octanol–water partition coefficient (Wildman–Crippen LogP) is 4.82. The Labute approximate surface area is 209 Å². The molecule has 3 aliphatic heterocycles. The summed E-state index contributed by atoms with van der Waals surface area (Å²) < 4.78 is 11.9. The molecular formula is C29H39N3O3. The van der Waals surface area contributed by atoms with Gasteiger partial charge in [0.05, 0.1) is 13.2 Å². The van der Waals surface area contributed by atoms with Crippen LogP contribution in [-0.2, 0) is 12.8 Å². The smallest absolute Gasteiger partial charge is 0.317 e. The maximum Gasteiger partial charge on any atom is 0.317 e. The van der Waals surface area contributed by atoms with Crippen molar-refractivity contribution in [2.24, 2.45) is 5.92 Å². The maximum absolute atomic E-state index is 13.3. The fourth-order valence-corrected chi connectivity index (χ4v) is 6.30. The molecule has 6 nitrogen and oxygen atoms in total. The molecule has 0 aliphatic carbocycles. The van der Waals surface area contributed by atoms with Crippen molar-refractivity contribution in [2.45, 2.75) is 58.0 Å². The SMILES string of the molecule is CCOc1cc2c(cc1OCC)[C@H]1C[C@@H]3[C@@H](CCCN3C(=O)NCCc3ccccc3)CN1CC2. The van der Waals surface area contributed by atoms with E-state index in [2.05, 4.69) is 51.5 Å². The van der Waals surface area contributed by atoms with E-state index in [1.54, 1.807) is 0 Å². The fraction of sp³-hybridized carbons (Fsp3) is 0.552. The van der Waals surface area contributed by atoms with Gasteiger partial charge in [-0.15, -0.1) is 0 Å². The van der Waals surface area contributed by atoms with E-state index in [9.17, 15) is 4.79 Å². The summed E-state index contributed by atoms with van der Waals surface area (Å²) in [5, 5.41) is 3.21. The predicted molar refractivity (Wildman–Crippen MR) is 138 cm³/mol. The molecule has 0 spiro atoms. The highest BCUT2D eigenvalue weighted by molar-refractivity contribution is 5.74. The van der Waals surface area contributed by atoms with Gasteiger partial charge in [-0.25, -0.2) is 4.79 Å². The van der Waals surface area contributed by atoms with E-state index >= 15 is 0 Å². The molecule has 6 heteroatoms. The van der Waals surface area contributed by atoms with Gasteiger partial charge in [-0.2, -0.15) is 0 Å². The van der Waals surface area contributed by atoms with Crippen LogP contribution in [0.3, 0.4) is 0 Å². The Kier molecular flexibility index (Phi) is 7.47. The highest BCUT2D eigenvalue weighted by atomic mass is 16.5. The summed E-state index contributed by atoms with van der Waals surface area (Å²) in [5.74, 6) is 2.25. The first-order chi connectivity index (χ1) is 17.2. The molecule has 1 N–H and O–H groups in total. The Balaban J connectivity index is 1.31. The topological polar surface area (TPSA) is 54.0 Å². The van der Waals surface area contributed by atoms with Crippen molar-refractivity contribution in [3.05, 3.63) is 59.2 Å². The van der Waals surface area contributed by atoms with Gasteiger partial charge in [0.25, 0.3) is 0 Å². The molecule has 5 rings (SSSR count). The van der Waals surface area contributed by atoms with E-state index in [-0.39, 0.29) is 12.1 Å². The number of amides is 2. The van der Waals surface area contributed by atoms with Crippen molar-refractivity contribution in [3.63, 3.8) is 0 Å². The molecule has 0 saturated carbocycles. The number of nitrogens with one attached hydrogen (secondary N) is 1. The summed E-state index contributed by atoms with van der Waals surface area (Å²) in [7, 11) is 0. The second-order valence-electron chi connectivity index (χ2n) is 9.99. The quantitative estimate of drug-likeness (QED) is 0.621. The Hall–Kier alpha value is -2.73. The van der Waals surface area contributed by atoms with Gasteiger partial charge in [0.15, 0.2) is 11.5 Å². The summed E-state index contributed by atoms with van der Waals surface area (Å²) >= 11 is 0. The van der Waals surface area contributed by atoms with Gasteiger partial charge in [-0.05, 0) is 80.7 Å². The molecule has 0 unspecified atom stereocenters. The number of carbonyl (C=O) groups is 1. The molecular weight excluding hydrogens is 438 g/mol. The summed E-state index contributed by atoms with van der Waals surface area (Å²) in [5.41, 5.74) is 3.98. The van der Waals surface area contributed by atoms with Gasteiger partial charge in [0.2, 0.25) is 0 Å². The average molecular weight is 478 g/mol. The zero-order valence-corrected chi connectivity index (χ0v) is 21.2. The Bertz CT molecular complexity index is 1010. The summed E-state index contributed by atoms with van der Waals surface area (Å²) in [6.45, 7) is 8.95. The van der Waals surface area contributed by atoms with Crippen LogP contribution in [0.5, 0.6) is 11.5 Å². The average Bonchev–Trinajstić information content (AvgIpc) is 2.88. The third-order valence-corrected chi connectivity index (χ3v) is 7.92. The van der Waals surface area contributed by atoms with Crippen molar-refractivity contribution in [3.8, 4) is 11.5 Å². The summed E-state index contributed by atoms with van der Waals surface area (Å²) in [6, 6.07) is 15.5. The number of urea groups is 1. The molecule has 0 aromatic heterocycles. The van der Waals surface area contributed by atoms with Gasteiger partial charge in [-0.1, -0.05) is 30.3 Å². The molecule has 3 aliphatic rings. The molecule has 188 valence electrons. The number of carbonyl (C=O) groups excluding carboxylic acids is 1. The lowest BCUT2D eigenvalue weighted by Gasteiger charge is -2.52. The van der Waals surface area contributed by atoms with Crippen LogP contribution in [0.1, 0.15) is 55.8 Å². The van der Waals surface area contributed by atoms with E-state index in [1.165, 1.54) is 23.1 Å². The van der Waals surface area contributed by atoms with Crippen LogP contribution in [0.15, 0.2) is 42.5 Å². The van der Waals surface area contributed by atoms with Crippen molar-refractivity contribution < 1.29 is 14.3 Å². The van der Waals surface area contributed by atoms with Crippen LogP contribution in [-0.4, -0.2) is 61.3 Å². The van der Waals surface area contributed by atoms with Gasteiger partial charge in [0, 0.05) is 38.3 Å². The van der Waals surface area contributed by atoms with Gasteiger partial charge < -0.3 is 19.7 Å². The van der Waals surface area contributed by atoms with Crippen LogP contribution in [0.25, 0.3) is 0 Å². The van der Waals surface area contributed by atoms with Crippen molar-refractivity contribution in [1.29, 1.82) is 0 Å². The molecule has 2 fully saturated rings. The van der Waals surface area contributed by atoms with Crippen LogP contribution in [0.4, 0.5) is 4.79 Å². The van der Waals surface area contributed by atoms with Crippen LogP contribution in [0.2, 0.25) is 0 Å². The minimum Gasteiger partial charge on any atom is -0.490 e. The maximum atomic E-state index is 13.3. The number of nitrogens with zero attached hydrogens (tertiary/aromatic N) is 2. The van der Waals surface area contributed by atoms with Gasteiger partial charge in [-0.3, -0.25) is 4.90 Å². The molecule has 0 bridgehead atoms. The number of ether oxygens (including phenoxy) is 2. The van der Waals surface area contributed by atoms with Crippen molar-refractivity contribution in [1.82, 2.24) is 15.1 Å². The Morgan fingerprint density at radius 3 is 2.60 bits per heavy atom. The highest BCUT2D eigenvalue weighted by Gasteiger charge is 2.44. The monoisotopic (exact) mass is 477 g/mol. The van der Waals surface area contributed by atoms with Gasteiger partial charge in [0.1, 0.15) is 0 Å². The first-order valence-electron chi connectivity index (χ1n) is 13.4. The number of fused-ring (bicyclic) bond motifs is 4. The van der Waals surface area contributed by atoms with Crippen LogP contribution < -0.4 is 14.8 Å². The summed E-state index contributed by atoms with van der Waals surface area (Å²) in [6.07, 6.45) is 5.19. The molecule has 3 heterocycles. The lowest BCUT2D eigenvalue weighted by molar-refractivity contribution is 0.00566. The molecule has 3 atom stereocenters. The number of hydrogen-bond donors (Lipinski definition) is 1. The third-order valence-electron chi connectivity index (χ3n) is 7.92. The second-order valence-corrected chi connectivity index (χ2v) is 9.99. The number of likely N-dealkylation sites (tertiary alicyclic amines) is 1. The lowest BCUT2D eigenvalue weighted by atomic mass is 9.76. The van der Waals surface area contributed by atoms with Crippen molar-refractivity contribution >= 4 is 6.03 Å². The second kappa shape index (κ2) is 10.9. The minimum absolute atomic E-state index is 0.0989. The van der Waals surface area contributed by atoms with Crippen LogP contribution >= 0.6 is 0 Å². The van der Waals surface area contributed by atoms with E-state index < -0.39 is 0 Å². The van der Waals surface area contributed by atoms with E-state index in [0.717, 1.165) is 56.8 Å². The number of rotatable bonds is 7. The zero-order valence-electron chi connectivity index (χ0n) is 21.2. The Morgan fingerprint density at radius 2 is 1.83 bits per heavy atom. The first kappa shape index (κ1) is 24.0. The molecule has 2 aromatic rings. The zero-order chi connectivity index (χ0) is 24.2. The van der Waals surface area contributed by atoms with Crippen molar-refractivity contribution in [2.75, 3.05) is 39.4 Å². The lowest BCUT2D eigenvalue weighted by Crippen LogP contribution is -2.59. The fourth-order valence-electron chi connectivity index (χ4n) is 6.30. The molecule has 0 radical (unpaired) electrons. The molecule has 2 amide bonds. The van der Waals surface area contributed by atoms with Gasteiger partial charge >= 0.3 is 6.03 Å². The first-order valence-corrected chi connectivity index (χ1v) is 13.4. The highest BCUT2D eigenvalue weighted by Crippen LogP contribution is 2.45. The largest absolute Gasteiger partial charge is 0.490 e. The third kappa shape index (κ3) is 5.13. The number of benzene rings is 2. The normalized spacial score (nSPS) is 23.6. The molecule has 2 saturated heterocycles. The van der Waals surface area contributed by atoms with E-state index in [0.29, 0.717) is 31.7 Å². The number of hydrogen-bond acceptors (Lipinski definition) is 4. The summed E-state index contributed by atoms with van der Waals surface area (Å²) in [4.78, 5) is 18.1. The Morgan fingerprint density at radius 1 is 1.06 bits per heavy atom. The van der Waals surface area contributed by atoms with E-state index in [4.69, 9.17) is 9.47 Å². The number of piperidine rings is 2.